The van der Waals surface area contributed by atoms with Crippen molar-refractivity contribution >= 4 is 5.97 Å². The van der Waals surface area contributed by atoms with E-state index in [0.717, 1.165) is 0 Å². The number of carbonyl (C=O) groups is 1. The summed E-state index contributed by atoms with van der Waals surface area (Å²) in [7, 11) is 1.55. The van der Waals surface area contributed by atoms with Gasteiger partial charge < -0.3 is 14.6 Å². The Morgan fingerprint density at radius 2 is 2.32 bits per heavy atom. The zero-order valence-electron chi connectivity index (χ0n) is 12.0. The second-order valence-electron chi connectivity index (χ2n) is 5.02. The molecule has 0 aliphatic carbocycles. The first-order chi connectivity index (χ1) is 10.6. The van der Waals surface area contributed by atoms with Gasteiger partial charge in [-0.05, 0) is 12.1 Å². The predicted octanol–water partition coefficient (Wildman–Crippen LogP) is 2.18. The molecule has 0 amide bonds. The summed E-state index contributed by atoms with van der Waals surface area (Å²) < 4.78 is 26.2. The fraction of sp³-hybridized carbons (Fsp3) is 0.333. The van der Waals surface area contributed by atoms with Crippen LogP contribution in [-0.2, 0) is 11.3 Å². The fourth-order valence-electron chi connectivity index (χ4n) is 2.54. The highest BCUT2D eigenvalue weighted by Crippen LogP contribution is 2.35. The van der Waals surface area contributed by atoms with Crippen LogP contribution in [0.15, 0.2) is 24.3 Å². The van der Waals surface area contributed by atoms with Gasteiger partial charge in [-0.1, -0.05) is 12.1 Å². The second kappa shape index (κ2) is 5.76. The van der Waals surface area contributed by atoms with Crippen LogP contribution in [0.1, 0.15) is 16.8 Å². The first kappa shape index (κ1) is 14.5. The van der Waals surface area contributed by atoms with Gasteiger partial charge in [0.2, 0.25) is 5.88 Å². The monoisotopic (exact) mass is 306 g/mol. The summed E-state index contributed by atoms with van der Waals surface area (Å²) in [6, 6.07) is 5.95. The molecule has 0 saturated heterocycles. The maximum atomic E-state index is 14.0. The molecule has 22 heavy (non-hydrogen) atoms. The molecule has 7 heteroatoms. The molecule has 1 unspecified atom stereocenters. The minimum atomic E-state index is -1.20. The molecule has 2 heterocycles. The summed E-state index contributed by atoms with van der Waals surface area (Å²) in [4.78, 5) is 11.6. The Morgan fingerprint density at radius 3 is 3.00 bits per heavy atom. The topological polar surface area (TPSA) is 73.6 Å². The van der Waals surface area contributed by atoms with Crippen LogP contribution in [0.2, 0.25) is 0 Å². The van der Waals surface area contributed by atoms with Crippen LogP contribution in [0.4, 0.5) is 4.39 Å². The second-order valence-corrected chi connectivity index (χ2v) is 5.02. The smallest absolute Gasteiger partial charge is 0.343 e. The Hall–Kier alpha value is -2.41. The normalized spacial score (nSPS) is 16.9. The van der Waals surface area contributed by atoms with Crippen LogP contribution in [0.5, 0.6) is 5.88 Å². The number of aromatic carboxylic acids is 1. The van der Waals surface area contributed by atoms with E-state index >= 15 is 0 Å². The number of methoxy groups -OCH3 is 1. The molecule has 1 aromatic heterocycles. The number of ether oxygens (including phenoxy) is 2. The molecule has 0 radical (unpaired) electrons. The van der Waals surface area contributed by atoms with Crippen LogP contribution in [0, 0.1) is 5.82 Å². The highest BCUT2D eigenvalue weighted by Gasteiger charge is 2.31. The molecule has 0 fully saturated rings. The summed E-state index contributed by atoms with van der Waals surface area (Å²) in [5, 5.41) is 13.7. The molecular weight excluding hydrogens is 291 g/mol. The van der Waals surface area contributed by atoms with Crippen molar-refractivity contribution in [3.8, 4) is 17.1 Å². The number of nitrogens with zero attached hydrogens (tertiary/aromatic N) is 2. The van der Waals surface area contributed by atoms with Crippen molar-refractivity contribution < 1.29 is 23.8 Å². The van der Waals surface area contributed by atoms with Gasteiger partial charge in [-0.25, -0.2) is 13.9 Å². The van der Waals surface area contributed by atoms with Crippen molar-refractivity contribution in [2.75, 3.05) is 13.7 Å². The molecule has 1 aromatic carbocycles. The first-order valence-electron chi connectivity index (χ1n) is 6.86. The standard InChI is InChI=1S/C15H15FN2O4/c1-21-8-9-6-7-18-14(22-9)12(15(19)20)13(17-18)10-4-2-3-5-11(10)16/h2-5,9H,6-8H2,1H3,(H,19,20). The SMILES string of the molecule is COCC1CCn2nc(-c3ccccc3F)c(C(=O)O)c2O1. The average molecular weight is 306 g/mol. The highest BCUT2D eigenvalue weighted by molar-refractivity contribution is 5.97. The summed E-state index contributed by atoms with van der Waals surface area (Å²) >= 11 is 0. The Kier molecular flexibility index (Phi) is 3.81. The third-order valence-electron chi connectivity index (χ3n) is 3.54. The largest absolute Gasteiger partial charge is 0.477 e. The number of aryl methyl sites for hydroxylation is 1. The average Bonchev–Trinajstić information content (AvgIpc) is 2.86. The molecule has 1 aliphatic heterocycles. The van der Waals surface area contributed by atoms with Gasteiger partial charge >= 0.3 is 5.97 Å². The summed E-state index contributed by atoms with van der Waals surface area (Å²) in [5.74, 6) is -1.56. The molecule has 0 saturated carbocycles. The van der Waals surface area contributed by atoms with Crippen LogP contribution in [-0.4, -0.2) is 40.7 Å². The van der Waals surface area contributed by atoms with Gasteiger partial charge in [0, 0.05) is 25.6 Å². The molecular formula is C15H15FN2O4. The lowest BCUT2D eigenvalue weighted by atomic mass is 10.1. The Morgan fingerprint density at radius 1 is 1.55 bits per heavy atom. The summed E-state index contributed by atoms with van der Waals surface area (Å²) in [5.41, 5.74) is 0.110. The van der Waals surface area contributed by atoms with E-state index in [1.807, 2.05) is 0 Å². The third kappa shape index (κ3) is 2.43. The van der Waals surface area contributed by atoms with Crippen molar-refractivity contribution in [3.05, 3.63) is 35.6 Å². The molecule has 6 nitrogen and oxygen atoms in total. The van der Waals surface area contributed by atoms with E-state index in [0.29, 0.717) is 19.6 Å². The maximum absolute atomic E-state index is 14.0. The van der Waals surface area contributed by atoms with E-state index in [9.17, 15) is 14.3 Å². The van der Waals surface area contributed by atoms with Crippen molar-refractivity contribution in [2.24, 2.45) is 0 Å². The van der Waals surface area contributed by atoms with E-state index in [4.69, 9.17) is 9.47 Å². The number of fused-ring (bicyclic) bond motifs is 1. The molecule has 0 spiro atoms. The van der Waals surface area contributed by atoms with Crippen molar-refractivity contribution in [2.45, 2.75) is 19.1 Å². The number of carboxylic acids is 1. The van der Waals surface area contributed by atoms with Crippen molar-refractivity contribution in [1.29, 1.82) is 0 Å². The van der Waals surface area contributed by atoms with E-state index < -0.39 is 11.8 Å². The Labute approximate surface area is 126 Å². The highest BCUT2D eigenvalue weighted by atomic mass is 19.1. The summed E-state index contributed by atoms with van der Waals surface area (Å²) in [6.07, 6.45) is 0.416. The van der Waals surface area contributed by atoms with Crippen LogP contribution in [0.25, 0.3) is 11.3 Å². The molecule has 1 atom stereocenters. The number of halogens is 1. The predicted molar refractivity (Wildman–Crippen MR) is 75.5 cm³/mol. The fourth-order valence-corrected chi connectivity index (χ4v) is 2.54. The molecule has 1 N–H and O–H groups in total. The Balaban J connectivity index is 2.10. The number of benzene rings is 1. The van der Waals surface area contributed by atoms with Gasteiger partial charge in [0.05, 0.1) is 6.61 Å². The zero-order chi connectivity index (χ0) is 15.7. The van der Waals surface area contributed by atoms with Gasteiger partial charge in [-0.3, -0.25) is 0 Å². The van der Waals surface area contributed by atoms with Crippen molar-refractivity contribution in [1.82, 2.24) is 9.78 Å². The minimum Gasteiger partial charge on any atom is -0.477 e. The van der Waals surface area contributed by atoms with Crippen LogP contribution >= 0.6 is 0 Å². The van der Waals surface area contributed by atoms with E-state index in [1.54, 1.807) is 19.2 Å². The third-order valence-corrected chi connectivity index (χ3v) is 3.54. The maximum Gasteiger partial charge on any atom is 0.343 e. The van der Waals surface area contributed by atoms with Crippen LogP contribution < -0.4 is 4.74 Å². The number of carboxylic acid groups (broad SMARTS) is 1. The van der Waals surface area contributed by atoms with Gasteiger partial charge in [0.15, 0.2) is 0 Å². The van der Waals surface area contributed by atoms with Gasteiger partial charge in [-0.2, -0.15) is 5.10 Å². The quantitative estimate of drug-likeness (QED) is 0.937. The first-order valence-corrected chi connectivity index (χ1v) is 6.86. The van der Waals surface area contributed by atoms with Gasteiger partial charge in [-0.15, -0.1) is 0 Å². The van der Waals surface area contributed by atoms with E-state index in [2.05, 4.69) is 5.10 Å². The number of aromatic nitrogens is 2. The lowest BCUT2D eigenvalue weighted by molar-refractivity contribution is 0.0462. The number of hydrogen-bond donors (Lipinski definition) is 1. The summed E-state index contributed by atoms with van der Waals surface area (Å²) in [6.45, 7) is 0.858. The molecule has 2 aromatic rings. The zero-order valence-corrected chi connectivity index (χ0v) is 12.0. The van der Waals surface area contributed by atoms with Crippen LogP contribution in [0.3, 0.4) is 0 Å². The number of rotatable bonds is 4. The van der Waals surface area contributed by atoms with Gasteiger partial charge in [0.1, 0.15) is 23.2 Å². The molecule has 3 rings (SSSR count). The lowest BCUT2D eigenvalue weighted by Crippen LogP contribution is -2.30. The molecule has 116 valence electrons. The van der Waals surface area contributed by atoms with Crippen molar-refractivity contribution in [3.63, 3.8) is 0 Å². The Bertz CT molecular complexity index is 714. The molecule has 1 aliphatic rings. The van der Waals surface area contributed by atoms with E-state index in [1.165, 1.54) is 16.8 Å². The lowest BCUT2D eigenvalue weighted by Gasteiger charge is -2.24. The van der Waals surface area contributed by atoms with E-state index in [-0.39, 0.29) is 28.8 Å². The van der Waals surface area contributed by atoms with Gasteiger partial charge in [0.25, 0.3) is 0 Å². The number of hydrogen-bond acceptors (Lipinski definition) is 4. The molecule has 0 bridgehead atoms. The minimum absolute atomic E-state index is 0.0821.